The highest BCUT2D eigenvalue weighted by molar-refractivity contribution is 6.09. The fraction of sp³-hybridized carbons (Fsp3) is 0.286. The minimum absolute atomic E-state index is 0.206. The van der Waals surface area contributed by atoms with Crippen molar-refractivity contribution in [2.24, 2.45) is 17.8 Å². The van der Waals surface area contributed by atoms with Crippen LogP contribution in [0.15, 0.2) is 85.2 Å². The average Bonchev–Trinajstić information content (AvgIpc) is 3.26. The lowest BCUT2D eigenvalue weighted by Gasteiger charge is -2.36. The summed E-state index contributed by atoms with van der Waals surface area (Å²) in [7, 11) is 1.31. The Hall–Kier alpha value is -3.64. The largest absolute Gasteiger partial charge is 0.468 e. The van der Waals surface area contributed by atoms with Gasteiger partial charge in [0, 0.05) is 29.6 Å². The van der Waals surface area contributed by atoms with Crippen molar-refractivity contribution in [3.8, 4) is 0 Å². The quantitative estimate of drug-likeness (QED) is 0.422. The lowest BCUT2D eigenvalue weighted by Crippen LogP contribution is -2.59. The van der Waals surface area contributed by atoms with E-state index in [-0.39, 0.29) is 17.5 Å². The third-order valence-corrected chi connectivity index (χ3v) is 6.78. The number of hydrogen-bond acceptors (Lipinski definition) is 6. The molecule has 2 heterocycles. The number of nitrogens with zero attached hydrogens (tertiary/aromatic N) is 1. The van der Waals surface area contributed by atoms with Crippen LogP contribution < -0.4 is 5.32 Å². The van der Waals surface area contributed by atoms with E-state index in [1.165, 1.54) is 7.11 Å². The van der Waals surface area contributed by atoms with Crippen LogP contribution in [-0.4, -0.2) is 35.2 Å². The summed E-state index contributed by atoms with van der Waals surface area (Å²) in [5, 5.41) is 3.42. The molecule has 4 rings (SSSR count). The molecule has 0 spiro atoms. The van der Waals surface area contributed by atoms with Crippen molar-refractivity contribution in [3.05, 3.63) is 102 Å². The summed E-state index contributed by atoms with van der Waals surface area (Å²) >= 11 is 0. The number of carbonyl (C=O) groups is 3. The van der Waals surface area contributed by atoms with E-state index in [4.69, 9.17) is 4.74 Å². The van der Waals surface area contributed by atoms with Crippen molar-refractivity contribution in [1.82, 2.24) is 10.3 Å². The number of Topliss-reactive ketones (excluding diaryl/α,β-unsaturated/α-hetero) is 2. The highest BCUT2D eigenvalue weighted by Gasteiger charge is 2.64. The molecule has 34 heavy (non-hydrogen) atoms. The molecule has 174 valence electrons. The Labute approximate surface area is 199 Å². The predicted octanol–water partition coefficient (Wildman–Crippen LogP) is 4.29. The van der Waals surface area contributed by atoms with E-state index in [0.717, 1.165) is 5.56 Å². The molecule has 1 saturated heterocycles. The maximum atomic E-state index is 14.1. The normalized spacial score (nSPS) is 24.1. The standard InChI is InChI=1S/C28H28N2O4/c1-18(2)28(27(33)34-3)23(26(32)20-13-8-5-9-14-20)22(25(31)19-11-6-4-7-12-19)24(30-28)21-15-10-16-29-17-21/h4-18,22-24,30H,1-3H3. The Balaban J connectivity index is 1.97. The number of rotatable bonds is 7. The lowest BCUT2D eigenvalue weighted by atomic mass is 9.67. The zero-order valence-corrected chi connectivity index (χ0v) is 19.5. The smallest absolute Gasteiger partial charge is 0.327 e. The van der Waals surface area contributed by atoms with Gasteiger partial charge < -0.3 is 4.74 Å². The van der Waals surface area contributed by atoms with Gasteiger partial charge in [-0.2, -0.15) is 0 Å². The first-order valence-electron chi connectivity index (χ1n) is 11.4. The molecular formula is C28H28N2O4. The van der Waals surface area contributed by atoms with E-state index in [1.807, 2.05) is 32.0 Å². The summed E-state index contributed by atoms with van der Waals surface area (Å²) in [4.78, 5) is 45.8. The lowest BCUT2D eigenvalue weighted by molar-refractivity contribution is -0.151. The van der Waals surface area contributed by atoms with Gasteiger partial charge in [-0.25, -0.2) is 0 Å². The molecule has 0 bridgehead atoms. The van der Waals surface area contributed by atoms with Gasteiger partial charge in [0.05, 0.1) is 18.9 Å². The number of aromatic nitrogens is 1. The molecule has 0 aliphatic carbocycles. The second-order valence-electron chi connectivity index (χ2n) is 8.89. The first-order valence-corrected chi connectivity index (χ1v) is 11.4. The molecule has 1 aliphatic heterocycles. The Kier molecular flexibility index (Phi) is 6.70. The molecule has 0 radical (unpaired) electrons. The minimum Gasteiger partial charge on any atom is -0.468 e. The summed E-state index contributed by atoms with van der Waals surface area (Å²) in [5.74, 6) is -3.21. The van der Waals surface area contributed by atoms with Gasteiger partial charge in [0.2, 0.25) is 0 Å². The molecule has 0 amide bonds. The SMILES string of the molecule is COC(=O)C1(C(C)C)NC(c2cccnc2)C(C(=O)c2ccccc2)C1C(=O)c1ccccc1. The van der Waals surface area contributed by atoms with Gasteiger partial charge in [-0.05, 0) is 17.5 Å². The van der Waals surface area contributed by atoms with Crippen LogP contribution in [0.1, 0.15) is 46.2 Å². The first kappa shape index (κ1) is 23.5. The van der Waals surface area contributed by atoms with Crippen LogP contribution in [0.25, 0.3) is 0 Å². The topological polar surface area (TPSA) is 85.4 Å². The van der Waals surface area contributed by atoms with Crippen LogP contribution in [0.3, 0.4) is 0 Å². The van der Waals surface area contributed by atoms with Gasteiger partial charge in [-0.3, -0.25) is 24.7 Å². The Morgan fingerprint density at radius 2 is 1.47 bits per heavy atom. The summed E-state index contributed by atoms with van der Waals surface area (Å²) in [6.07, 6.45) is 3.32. The number of esters is 1. The van der Waals surface area contributed by atoms with Crippen LogP contribution in [0.5, 0.6) is 0 Å². The summed E-state index contributed by atoms with van der Waals surface area (Å²) in [6.45, 7) is 3.73. The second kappa shape index (κ2) is 9.69. The van der Waals surface area contributed by atoms with Gasteiger partial charge in [-0.1, -0.05) is 80.6 Å². The van der Waals surface area contributed by atoms with E-state index in [2.05, 4.69) is 10.3 Å². The second-order valence-corrected chi connectivity index (χ2v) is 8.89. The summed E-state index contributed by atoms with van der Waals surface area (Å²) in [6, 6.07) is 20.7. The predicted molar refractivity (Wildman–Crippen MR) is 128 cm³/mol. The number of methoxy groups -OCH3 is 1. The van der Waals surface area contributed by atoms with E-state index in [9.17, 15) is 14.4 Å². The molecule has 6 heteroatoms. The van der Waals surface area contributed by atoms with Crippen LogP contribution in [0.2, 0.25) is 0 Å². The fourth-order valence-electron chi connectivity index (χ4n) is 5.13. The number of ether oxygens (including phenoxy) is 1. The van der Waals surface area contributed by atoms with Gasteiger partial charge in [0.1, 0.15) is 5.54 Å². The van der Waals surface area contributed by atoms with Crippen molar-refractivity contribution in [1.29, 1.82) is 0 Å². The van der Waals surface area contributed by atoms with Gasteiger partial charge >= 0.3 is 5.97 Å². The Morgan fingerprint density at radius 1 is 0.882 bits per heavy atom. The van der Waals surface area contributed by atoms with Crippen molar-refractivity contribution in [2.45, 2.75) is 25.4 Å². The molecule has 2 aromatic carbocycles. The highest BCUT2D eigenvalue weighted by atomic mass is 16.5. The van der Waals surface area contributed by atoms with Crippen LogP contribution >= 0.6 is 0 Å². The van der Waals surface area contributed by atoms with E-state index in [0.29, 0.717) is 11.1 Å². The zero-order valence-electron chi connectivity index (χ0n) is 19.5. The van der Waals surface area contributed by atoms with E-state index >= 15 is 0 Å². The molecule has 1 N–H and O–H groups in total. The molecule has 4 unspecified atom stereocenters. The van der Waals surface area contributed by atoms with Crippen LogP contribution in [0.4, 0.5) is 0 Å². The molecule has 1 fully saturated rings. The van der Waals surface area contributed by atoms with Crippen molar-refractivity contribution < 1.29 is 19.1 Å². The van der Waals surface area contributed by atoms with E-state index in [1.54, 1.807) is 67.0 Å². The molecular weight excluding hydrogens is 428 g/mol. The molecule has 6 nitrogen and oxygen atoms in total. The summed E-state index contributed by atoms with van der Waals surface area (Å²) < 4.78 is 5.25. The average molecular weight is 457 g/mol. The van der Waals surface area contributed by atoms with Crippen molar-refractivity contribution in [2.75, 3.05) is 7.11 Å². The Morgan fingerprint density at radius 3 is 1.97 bits per heavy atom. The maximum absolute atomic E-state index is 14.1. The number of carbonyl (C=O) groups excluding carboxylic acids is 3. The molecule has 1 aliphatic rings. The van der Waals surface area contributed by atoms with Crippen molar-refractivity contribution >= 4 is 17.5 Å². The number of nitrogens with one attached hydrogen (secondary N) is 1. The summed E-state index contributed by atoms with van der Waals surface area (Å²) in [5.41, 5.74) is 0.255. The molecule has 0 saturated carbocycles. The fourth-order valence-corrected chi connectivity index (χ4v) is 5.13. The number of pyridine rings is 1. The van der Waals surface area contributed by atoms with E-state index < -0.39 is 29.4 Å². The Bertz CT molecular complexity index is 1160. The van der Waals surface area contributed by atoms with Crippen LogP contribution in [-0.2, 0) is 9.53 Å². The molecule has 3 aromatic rings. The van der Waals surface area contributed by atoms with Gasteiger partial charge in [0.25, 0.3) is 0 Å². The first-order chi connectivity index (χ1) is 16.4. The molecule has 1 aromatic heterocycles. The number of hydrogen-bond donors (Lipinski definition) is 1. The minimum atomic E-state index is -1.41. The number of ketones is 2. The third kappa shape index (κ3) is 3.94. The third-order valence-electron chi connectivity index (χ3n) is 6.78. The highest BCUT2D eigenvalue weighted by Crippen LogP contribution is 2.49. The van der Waals surface area contributed by atoms with Gasteiger partial charge in [0.15, 0.2) is 11.6 Å². The molecule has 4 atom stereocenters. The van der Waals surface area contributed by atoms with Crippen molar-refractivity contribution in [3.63, 3.8) is 0 Å². The number of benzene rings is 2. The monoisotopic (exact) mass is 456 g/mol. The zero-order chi connectivity index (χ0) is 24.3. The maximum Gasteiger partial charge on any atom is 0.327 e. The van der Waals surface area contributed by atoms with Gasteiger partial charge in [-0.15, -0.1) is 0 Å². The van der Waals surface area contributed by atoms with Crippen LogP contribution in [0, 0.1) is 17.8 Å².